The van der Waals surface area contributed by atoms with E-state index in [1.165, 1.54) is 0 Å². The second-order valence-electron chi connectivity index (χ2n) is 3.98. The summed E-state index contributed by atoms with van der Waals surface area (Å²) in [5, 5.41) is 3.44. The minimum atomic E-state index is -0.0346. The predicted molar refractivity (Wildman–Crippen MR) is 80.3 cm³/mol. The number of hydrogen-bond donors (Lipinski definition) is 2. The molecule has 1 aromatic rings. The van der Waals surface area contributed by atoms with Crippen molar-refractivity contribution in [1.82, 2.24) is 5.32 Å². The van der Waals surface area contributed by atoms with Gasteiger partial charge in [0, 0.05) is 17.1 Å². The maximum absolute atomic E-state index is 11.7. The average molecular weight is 307 g/mol. The molecule has 0 unspecified atom stereocenters. The first-order chi connectivity index (χ1) is 8.67. The van der Waals surface area contributed by atoms with E-state index in [2.05, 4.69) is 5.32 Å². The second-order valence-corrected chi connectivity index (χ2v) is 4.42. The molecule has 0 saturated heterocycles. The Morgan fingerprint density at radius 1 is 1.42 bits per heavy atom. The van der Waals surface area contributed by atoms with Gasteiger partial charge in [0.15, 0.2) is 0 Å². The zero-order valence-corrected chi connectivity index (χ0v) is 12.5. The van der Waals surface area contributed by atoms with Crippen LogP contribution in [0.4, 0.5) is 0 Å². The van der Waals surface area contributed by atoms with E-state index in [4.69, 9.17) is 22.1 Å². The Kier molecular flexibility index (Phi) is 9.39. The van der Waals surface area contributed by atoms with Crippen molar-refractivity contribution in [2.45, 2.75) is 19.3 Å². The number of ether oxygens (including phenoxy) is 1. The van der Waals surface area contributed by atoms with Crippen LogP contribution < -0.4 is 15.8 Å². The van der Waals surface area contributed by atoms with E-state index in [-0.39, 0.29) is 24.7 Å². The highest BCUT2D eigenvalue weighted by Gasteiger charge is 2.08. The summed E-state index contributed by atoms with van der Waals surface area (Å²) in [6, 6.07) is 5.25. The summed E-state index contributed by atoms with van der Waals surface area (Å²) in [7, 11) is 1.58. The lowest BCUT2D eigenvalue weighted by atomic mass is 10.1. The van der Waals surface area contributed by atoms with Gasteiger partial charge in [0.1, 0.15) is 5.75 Å². The Morgan fingerprint density at radius 3 is 2.79 bits per heavy atom. The lowest BCUT2D eigenvalue weighted by Gasteiger charge is -2.09. The highest BCUT2D eigenvalue weighted by atomic mass is 35.5. The highest BCUT2D eigenvalue weighted by molar-refractivity contribution is 6.30. The summed E-state index contributed by atoms with van der Waals surface area (Å²) in [5.74, 6) is 0.643. The molecule has 0 atom stereocenters. The van der Waals surface area contributed by atoms with Crippen LogP contribution in [-0.2, 0) is 11.2 Å². The number of methoxy groups -OCH3 is 1. The number of nitrogens with two attached hydrogens (primary N) is 1. The van der Waals surface area contributed by atoms with Crippen molar-refractivity contribution < 1.29 is 9.53 Å². The van der Waals surface area contributed by atoms with Gasteiger partial charge in [-0.15, -0.1) is 12.4 Å². The standard InChI is InChI=1S/C13H19ClN2O2.ClH/c1-18-12-5-4-11(14)8-10(12)9-13(17)16-7-3-2-6-15;/h4-5,8H,2-3,6-7,9,15H2,1H3,(H,16,17);1H. The van der Waals surface area contributed by atoms with Crippen LogP contribution in [0.5, 0.6) is 5.75 Å². The Hall–Kier alpha value is -0.970. The van der Waals surface area contributed by atoms with Crippen molar-refractivity contribution in [2.24, 2.45) is 5.73 Å². The normalized spacial score (nSPS) is 9.63. The number of rotatable bonds is 7. The van der Waals surface area contributed by atoms with Gasteiger partial charge in [0.25, 0.3) is 0 Å². The number of amides is 1. The molecule has 0 spiro atoms. The van der Waals surface area contributed by atoms with Gasteiger partial charge < -0.3 is 15.8 Å². The topological polar surface area (TPSA) is 64.3 Å². The molecule has 0 fully saturated rings. The molecule has 0 aliphatic heterocycles. The maximum Gasteiger partial charge on any atom is 0.224 e. The molecular weight excluding hydrogens is 287 g/mol. The molecule has 0 saturated carbocycles. The summed E-state index contributed by atoms with van der Waals surface area (Å²) in [6.45, 7) is 1.30. The summed E-state index contributed by atoms with van der Waals surface area (Å²) >= 11 is 5.90. The lowest BCUT2D eigenvalue weighted by molar-refractivity contribution is -0.120. The Bertz CT molecular complexity index is 400. The molecule has 19 heavy (non-hydrogen) atoms. The summed E-state index contributed by atoms with van der Waals surface area (Å²) in [5.41, 5.74) is 6.17. The van der Waals surface area contributed by atoms with Crippen molar-refractivity contribution in [2.75, 3.05) is 20.2 Å². The predicted octanol–water partition coefficient (Wildman–Crippen LogP) is 2.17. The quantitative estimate of drug-likeness (QED) is 0.759. The molecule has 4 nitrogen and oxygen atoms in total. The molecule has 0 aromatic heterocycles. The molecular formula is C13H20Cl2N2O2. The number of nitrogens with one attached hydrogen (secondary N) is 1. The summed E-state index contributed by atoms with van der Waals surface area (Å²) < 4.78 is 5.19. The van der Waals surface area contributed by atoms with Crippen LogP contribution in [0, 0.1) is 0 Å². The molecule has 1 rings (SSSR count). The van der Waals surface area contributed by atoms with Crippen LogP contribution in [0.15, 0.2) is 18.2 Å². The Labute approximate surface area is 125 Å². The number of benzene rings is 1. The molecule has 1 amide bonds. The monoisotopic (exact) mass is 306 g/mol. The van der Waals surface area contributed by atoms with Crippen molar-refractivity contribution in [3.05, 3.63) is 28.8 Å². The fourth-order valence-electron chi connectivity index (χ4n) is 1.62. The molecule has 1 aromatic carbocycles. The molecule has 108 valence electrons. The largest absolute Gasteiger partial charge is 0.496 e. The molecule has 6 heteroatoms. The fourth-order valence-corrected chi connectivity index (χ4v) is 1.81. The number of carbonyl (C=O) groups excluding carboxylic acids is 1. The lowest BCUT2D eigenvalue weighted by Crippen LogP contribution is -2.26. The van der Waals surface area contributed by atoms with E-state index in [9.17, 15) is 4.79 Å². The van der Waals surface area contributed by atoms with Crippen LogP contribution in [-0.4, -0.2) is 26.1 Å². The van der Waals surface area contributed by atoms with E-state index in [1.807, 2.05) is 0 Å². The van der Waals surface area contributed by atoms with Crippen molar-refractivity contribution in [1.29, 1.82) is 0 Å². The Balaban J connectivity index is 0.00000324. The SMILES string of the molecule is COc1ccc(Cl)cc1CC(=O)NCCCCN.Cl. The Morgan fingerprint density at radius 2 is 2.16 bits per heavy atom. The molecule has 0 heterocycles. The van der Waals surface area contributed by atoms with Crippen LogP contribution in [0.3, 0.4) is 0 Å². The smallest absolute Gasteiger partial charge is 0.224 e. The van der Waals surface area contributed by atoms with Gasteiger partial charge in [-0.1, -0.05) is 11.6 Å². The molecule has 0 radical (unpaired) electrons. The van der Waals surface area contributed by atoms with Gasteiger partial charge >= 0.3 is 0 Å². The highest BCUT2D eigenvalue weighted by Crippen LogP contribution is 2.22. The van der Waals surface area contributed by atoms with Crippen LogP contribution >= 0.6 is 24.0 Å². The van der Waals surface area contributed by atoms with Gasteiger partial charge in [-0.05, 0) is 37.6 Å². The van der Waals surface area contributed by atoms with Gasteiger partial charge in [0.05, 0.1) is 13.5 Å². The van der Waals surface area contributed by atoms with Gasteiger partial charge in [-0.3, -0.25) is 4.79 Å². The molecule has 0 bridgehead atoms. The third kappa shape index (κ3) is 6.66. The van der Waals surface area contributed by atoms with Crippen molar-refractivity contribution in [3.63, 3.8) is 0 Å². The van der Waals surface area contributed by atoms with Gasteiger partial charge in [-0.25, -0.2) is 0 Å². The third-order valence-electron chi connectivity index (χ3n) is 2.55. The van der Waals surface area contributed by atoms with Gasteiger partial charge in [-0.2, -0.15) is 0 Å². The summed E-state index contributed by atoms with van der Waals surface area (Å²) in [6.07, 6.45) is 2.09. The number of hydrogen-bond acceptors (Lipinski definition) is 3. The average Bonchev–Trinajstić information content (AvgIpc) is 2.35. The van der Waals surface area contributed by atoms with Crippen LogP contribution in [0.1, 0.15) is 18.4 Å². The number of carbonyl (C=O) groups is 1. The van der Waals surface area contributed by atoms with Crippen molar-refractivity contribution >= 4 is 29.9 Å². The molecule has 0 aliphatic rings. The molecule has 3 N–H and O–H groups in total. The zero-order valence-electron chi connectivity index (χ0n) is 10.9. The van der Waals surface area contributed by atoms with E-state index in [0.717, 1.165) is 18.4 Å². The van der Waals surface area contributed by atoms with Crippen LogP contribution in [0.2, 0.25) is 5.02 Å². The first-order valence-electron chi connectivity index (χ1n) is 5.96. The third-order valence-corrected chi connectivity index (χ3v) is 2.78. The number of unbranched alkanes of at least 4 members (excludes halogenated alkanes) is 1. The minimum absolute atomic E-state index is 0. The second kappa shape index (κ2) is 9.89. The first-order valence-corrected chi connectivity index (χ1v) is 6.34. The van der Waals surface area contributed by atoms with Crippen molar-refractivity contribution in [3.8, 4) is 5.75 Å². The molecule has 0 aliphatic carbocycles. The van der Waals surface area contributed by atoms with Gasteiger partial charge in [0.2, 0.25) is 5.91 Å². The van der Waals surface area contributed by atoms with E-state index < -0.39 is 0 Å². The van der Waals surface area contributed by atoms with Crippen LogP contribution in [0.25, 0.3) is 0 Å². The number of halogens is 2. The fraction of sp³-hybridized carbons (Fsp3) is 0.462. The summed E-state index contributed by atoms with van der Waals surface area (Å²) in [4.78, 5) is 11.7. The zero-order chi connectivity index (χ0) is 13.4. The van der Waals surface area contributed by atoms with E-state index >= 15 is 0 Å². The van der Waals surface area contributed by atoms with E-state index in [0.29, 0.717) is 23.9 Å². The first kappa shape index (κ1) is 18.0. The minimum Gasteiger partial charge on any atom is -0.496 e. The maximum atomic E-state index is 11.7. The van der Waals surface area contributed by atoms with E-state index in [1.54, 1.807) is 25.3 Å².